The molecular formula is C14H18FN3O2. The van der Waals surface area contributed by atoms with Crippen LogP contribution in [0.3, 0.4) is 0 Å². The molecule has 0 fully saturated rings. The average Bonchev–Trinajstić information content (AvgIpc) is 2.69. The highest BCUT2D eigenvalue weighted by atomic mass is 19.1. The van der Waals surface area contributed by atoms with E-state index in [0.717, 1.165) is 5.56 Å². The molecule has 2 amide bonds. The molecule has 1 aromatic carbocycles. The molecule has 1 heterocycles. The molecule has 1 aliphatic rings. The number of carbonyl (C=O) groups is 2. The Kier molecular flexibility index (Phi) is 4.34. The van der Waals surface area contributed by atoms with Gasteiger partial charge in [0.15, 0.2) is 0 Å². The Balaban J connectivity index is 1.88. The summed E-state index contributed by atoms with van der Waals surface area (Å²) >= 11 is 0. The minimum Gasteiger partial charge on any atom is -0.355 e. The molecule has 3 N–H and O–H groups in total. The van der Waals surface area contributed by atoms with Crippen molar-refractivity contribution in [2.75, 3.05) is 18.4 Å². The third-order valence-electron chi connectivity index (χ3n) is 3.14. The lowest BCUT2D eigenvalue weighted by molar-refractivity contribution is -0.123. The summed E-state index contributed by atoms with van der Waals surface area (Å²) in [6, 6.07) is 3.72. The van der Waals surface area contributed by atoms with Crippen LogP contribution in [0.5, 0.6) is 0 Å². The van der Waals surface area contributed by atoms with Gasteiger partial charge in [0.2, 0.25) is 11.8 Å². The molecule has 0 bridgehead atoms. The van der Waals surface area contributed by atoms with Crippen LogP contribution in [0, 0.1) is 11.7 Å². The standard InChI is InChI=1S/C14H18FN3O2/c1-8(2)13(19)17-6-5-16-12-10-4-3-9(15)7-11(10)18-14(12)20/h3-4,7-8,12,16H,5-6H2,1-2H3,(H,17,19)(H,18,20). The van der Waals surface area contributed by atoms with Gasteiger partial charge in [-0.05, 0) is 12.1 Å². The van der Waals surface area contributed by atoms with Gasteiger partial charge >= 0.3 is 0 Å². The molecule has 1 atom stereocenters. The average molecular weight is 279 g/mol. The maximum Gasteiger partial charge on any atom is 0.246 e. The SMILES string of the molecule is CC(C)C(=O)NCCNC1C(=O)Nc2cc(F)ccc21. The number of hydrogen-bond acceptors (Lipinski definition) is 3. The van der Waals surface area contributed by atoms with Crippen LogP contribution < -0.4 is 16.0 Å². The lowest BCUT2D eigenvalue weighted by Gasteiger charge is -2.12. The molecule has 0 radical (unpaired) electrons. The minimum atomic E-state index is -0.499. The number of benzene rings is 1. The van der Waals surface area contributed by atoms with Crippen LogP contribution in [0.15, 0.2) is 18.2 Å². The van der Waals surface area contributed by atoms with Crippen LogP contribution in [0.1, 0.15) is 25.5 Å². The Morgan fingerprint density at radius 1 is 1.40 bits per heavy atom. The lowest BCUT2D eigenvalue weighted by atomic mass is 10.1. The van der Waals surface area contributed by atoms with E-state index < -0.39 is 6.04 Å². The third kappa shape index (κ3) is 3.14. The van der Waals surface area contributed by atoms with Crippen LogP contribution in [0.2, 0.25) is 0 Å². The van der Waals surface area contributed by atoms with Crippen molar-refractivity contribution >= 4 is 17.5 Å². The Hall–Kier alpha value is -1.95. The van der Waals surface area contributed by atoms with Gasteiger partial charge in [-0.15, -0.1) is 0 Å². The highest BCUT2D eigenvalue weighted by Crippen LogP contribution is 2.30. The summed E-state index contributed by atoms with van der Waals surface area (Å²) in [5, 5.41) is 8.44. The number of halogens is 1. The molecule has 5 nitrogen and oxygen atoms in total. The second kappa shape index (κ2) is 6.00. The third-order valence-corrected chi connectivity index (χ3v) is 3.14. The number of fused-ring (bicyclic) bond motifs is 1. The highest BCUT2D eigenvalue weighted by Gasteiger charge is 2.30. The van der Waals surface area contributed by atoms with Gasteiger partial charge in [0.1, 0.15) is 11.9 Å². The van der Waals surface area contributed by atoms with E-state index in [1.54, 1.807) is 6.07 Å². The van der Waals surface area contributed by atoms with Gasteiger partial charge in [0, 0.05) is 30.3 Å². The first-order valence-corrected chi connectivity index (χ1v) is 6.60. The molecule has 2 rings (SSSR count). The molecule has 1 aromatic rings. The van der Waals surface area contributed by atoms with Gasteiger partial charge in [-0.2, -0.15) is 0 Å². The first-order chi connectivity index (χ1) is 9.49. The van der Waals surface area contributed by atoms with Crippen molar-refractivity contribution in [1.82, 2.24) is 10.6 Å². The number of anilines is 1. The molecular weight excluding hydrogens is 261 g/mol. The summed E-state index contributed by atoms with van der Waals surface area (Å²) in [5.74, 6) is -0.673. The maximum atomic E-state index is 13.1. The Morgan fingerprint density at radius 3 is 2.85 bits per heavy atom. The number of rotatable bonds is 5. The number of hydrogen-bond donors (Lipinski definition) is 3. The molecule has 0 saturated heterocycles. The van der Waals surface area contributed by atoms with Gasteiger partial charge in [-0.25, -0.2) is 4.39 Å². The van der Waals surface area contributed by atoms with E-state index in [1.807, 2.05) is 13.8 Å². The van der Waals surface area contributed by atoms with Crippen molar-refractivity contribution in [1.29, 1.82) is 0 Å². The van der Waals surface area contributed by atoms with E-state index >= 15 is 0 Å². The number of nitrogens with one attached hydrogen (secondary N) is 3. The zero-order chi connectivity index (χ0) is 14.7. The minimum absolute atomic E-state index is 0.0230. The monoisotopic (exact) mass is 279 g/mol. The van der Waals surface area contributed by atoms with E-state index in [0.29, 0.717) is 18.8 Å². The van der Waals surface area contributed by atoms with Crippen molar-refractivity contribution in [2.45, 2.75) is 19.9 Å². The zero-order valence-electron chi connectivity index (χ0n) is 11.5. The van der Waals surface area contributed by atoms with Crippen molar-refractivity contribution < 1.29 is 14.0 Å². The Labute approximate surface area is 116 Å². The zero-order valence-corrected chi connectivity index (χ0v) is 11.5. The van der Waals surface area contributed by atoms with E-state index in [1.165, 1.54) is 12.1 Å². The highest BCUT2D eigenvalue weighted by molar-refractivity contribution is 6.02. The van der Waals surface area contributed by atoms with Crippen molar-refractivity contribution in [3.05, 3.63) is 29.6 Å². The molecule has 0 aromatic heterocycles. The molecule has 108 valence electrons. The molecule has 0 aliphatic carbocycles. The van der Waals surface area contributed by atoms with Crippen LogP contribution in [-0.4, -0.2) is 24.9 Å². The van der Waals surface area contributed by atoms with Crippen molar-refractivity contribution in [3.63, 3.8) is 0 Å². The Bertz CT molecular complexity index is 531. The summed E-state index contributed by atoms with van der Waals surface area (Å²) in [4.78, 5) is 23.2. The fourth-order valence-electron chi connectivity index (χ4n) is 2.04. The predicted octanol–water partition coefficient (Wildman–Crippen LogP) is 1.18. The molecule has 1 aliphatic heterocycles. The number of amides is 2. The topological polar surface area (TPSA) is 70.2 Å². The summed E-state index contributed by atoms with van der Waals surface area (Å²) in [6.45, 7) is 4.54. The van der Waals surface area contributed by atoms with Crippen molar-refractivity contribution in [2.24, 2.45) is 5.92 Å². The number of carbonyl (C=O) groups excluding carboxylic acids is 2. The van der Waals surface area contributed by atoms with Gasteiger partial charge in [0.05, 0.1) is 0 Å². The Morgan fingerprint density at radius 2 is 2.15 bits per heavy atom. The summed E-state index contributed by atoms with van der Waals surface area (Å²) in [5.41, 5.74) is 1.23. The molecule has 0 spiro atoms. The fourth-order valence-corrected chi connectivity index (χ4v) is 2.04. The van der Waals surface area contributed by atoms with Gasteiger partial charge < -0.3 is 16.0 Å². The predicted molar refractivity (Wildman–Crippen MR) is 73.6 cm³/mol. The van der Waals surface area contributed by atoms with Gasteiger partial charge in [-0.3, -0.25) is 9.59 Å². The smallest absolute Gasteiger partial charge is 0.246 e. The first kappa shape index (κ1) is 14.5. The van der Waals surface area contributed by atoms with Crippen LogP contribution in [0.25, 0.3) is 0 Å². The lowest BCUT2D eigenvalue weighted by Crippen LogP contribution is -2.37. The first-order valence-electron chi connectivity index (χ1n) is 6.60. The van der Waals surface area contributed by atoms with Crippen molar-refractivity contribution in [3.8, 4) is 0 Å². The summed E-state index contributed by atoms with van der Waals surface area (Å²) in [7, 11) is 0. The van der Waals surface area contributed by atoms with E-state index in [4.69, 9.17) is 0 Å². The van der Waals surface area contributed by atoms with Crippen LogP contribution in [0.4, 0.5) is 10.1 Å². The largest absolute Gasteiger partial charge is 0.355 e. The quantitative estimate of drug-likeness (QED) is 0.709. The van der Waals surface area contributed by atoms with E-state index in [2.05, 4.69) is 16.0 Å². The second-order valence-electron chi connectivity index (χ2n) is 5.05. The second-order valence-corrected chi connectivity index (χ2v) is 5.05. The summed E-state index contributed by atoms with van der Waals surface area (Å²) in [6.07, 6.45) is 0. The molecule has 1 unspecified atom stereocenters. The van der Waals surface area contributed by atoms with Gasteiger partial charge in [0.25, 0.3) is 0 Å². The van der Waals surface area contributed by atoms with Gasteiger partial charge in [-0.1, -0.05) is 19.9 Å². The molecule has 0 saturated carbocycles. The normalized spacial score (nSPS) is 17.0. The fraction of sp³-hybridized carbons (Fsp3) is 0.429. The van der Waals surface area contributed by atoms with E-state index in [-0.39, 0.29) is 23.5 Å². The maximum absolute atomic E-state index is 13.1. The summed E-state index contributed by atoms with van der Waals surface area (Å²) < 4.78 is 13.1. The molecule has 20 heavy (non-hydrogen) atoms. The molecule has 6 heteroatoms. The van der Waals surface area contributed by atoms with E-state index in [9.17, 15) is 14.0 Å². The van der Waals surface area contributed by atoms with Crippen LogP contribution >= 0.6 is 0 Å². The van der Waals surface area contributed by atoms with Crippen LogP contribution in [-0.2, 0) is 9.59 Å².